The summed E-state index contributed by atoms with van der Waals surface area (Å²) in [5.74, 6) is -0.823. The van der Waals surface area contributed by atoms with Crippen LogP contribution in [0.25, 0.3) is 0 Å². The van der Waals surface area contributed by atoms with Crippen LogP contribution < -0.4 is 0 Å². The van der Waals surface area contributed by atoms with Crippen LogP contribution in [0.4, 0.5) is 0 Å². The highest BCUT2D eigenvalue weighted by Crippen LogP contribution is 2.20. The third-order valence-corrected chi connectivity index (χ3v) is 5.28. The van der Waals surface area contributed by atoms with Crippen LogP contribution in [0.3, 0.4) is 0 Å². The van der Waals surface area contributed by atoms with Crippen LogP contribution in [0, 0.1) is 5.92 Å². The lowest BCUT2D eigenvalue weighted by atomic mass is 9.97. The van der Waals surface area contributed by atoms with Crippen molar-refractivity contribution in [1.29, 1.82) is 0 Å². The van der Waals surface area contributed by atoms with Crippen LogP contribution in [0.1, 0.15) is 124 Å². The van der Waals surface area contributed by atoms with E-state index in [1.165, 1.54) is 12.8 Å². The van der Waals surface area contributed by atoms with Crippen molar-refractivity contribution in [2.24, 2.45) is 5.92 Å². The number of esters is 2. The SMILES string of the molecule is CCCCCCOC(=O)CC(CCCCCC)C(=O)OC(CC)CCCCC. The monoisotopic (exact) mass is 398 g/mol. The Hall–Kier alpha value is -1.06. The molecule has 0 rings (SSSR count). The molecule has 0 spiro atoms. The molecule has 0 aliphatic rings. The van der Waals surface area contributed by atoms with Gasteiger partial charge in [0.2, 0.25) is 0 Å². The van der Waals surface area contributed by atoms with Crippen LogP contribution in [-0.2, 0) is 19.1 Å². The number of carbonyl (C=O) groups excluding carboxylic acids is 2. The fourth-order valence-corrected chi connectivity index (χ4v) is 3.32. The van der Waals surface area contributed by atoms with Gasteiger partial charge in [-0.15, -0.1) is 0 Å². The van der Waals surface area contributed by atoms with Crippen molar-refractivity contribution in [2.45, 2.75) is 130 Å². The van der Waals surface area contributed by atoms with Crippen molar-refractivity contribution in [3.05, 3.63) is 0 Å². The minimum atomic E-state index is -0.361. The van der Waals surface area contributed by atoms with Gasteiger partial charge in [-0.2, -0.15) is 0 Å². The summed E-state index contributed by atoms with van der Waals surface area (Å²) in [6.45, 7) is 9.03. The van der Waals surface area contributed by atoms with Crippen molar-refractivity contribution in [3.8, 4) is 0 Å². The van der Waals surface area contributed by atoms with Crippen LogP contribution >= 0.6 is 0 Å². The zero-order valence-corrected chi connectivity index (χ0v) is 19.1. The van der Waals surface area contributed by atoms with E-state index < -0.39 is 0 Å². The Morgan fingerprint density at radius 3 is 1.89 bits per heavy atom. The van der Waals surface area contributed by atoms with Crippen molar-refractivity contribution in [1.82, 2.24) is 0 Å². The highest BCUT2D eigenvalue weighted by molar-refractivity contribution is 5.80. The van der Waals surface area contributed by atoms with Crippen LogP contribution in [0.15, 0.2) is 0 Å². The van der Waals surface area contributed by atoms with Gasteiger partial charge in [0.15, 0.2) is 0 Å². The number of hydrogen-bond acceptors (Lipinski definition) is 4. The largest absolute Gasteiger partial charge is 0.466 e. The van der Waals surface area contributed by atoms with E-state index >= 15 is 0 Å². The Kier molecular flexibility index (Phi) is 18.5. The first-order valence-electron chi connectivity index (χ1n) is 11.9. The van der Waals surface area contributed by atoms with E-state index in [4.69, 9.17) is 9.47 Å². The maximum Gasteiger partial charge on any atom is 0.309 e. The lowest BCUT2D eigenvalue weighted by Crippen LogP contribution is -2.27. The molecule has 0 heterocycles. The van der Waals surface area contributed by atoms with Crippen LogP contribution in [0.5, 0.6) is 0 Å². The Labute approximate surface area is 174 Å². The van der Waals surface area contributed by atoms with Crippen molar-refractivity contribution < 1.29 is 19.1 Å². The Balaban J connectivity index is 4.52. The van der Waals surface area contributed by atoms with E-state index in [1.807, 2.05) is 0 Å². The average molecular weight is 399 g/mol. The second-order valence-corrected chi connectivity index (χ2v) is 7.99. The fourth-order valence-electron chi connectivity index (χ4n) is 3.32. The summed E-state index contributed by atoms with van der Waals surface area (Å²) in [6, 6.07) is 0. The van der Waals surface area contributed by atoms with Gasteiger partial charge in [0.05, 0.1) is 18.9 Å². The van der Waals surface area contributed by atoms with Crippen molar-refractivity contribution >= 4 is 11.9 Å². The number of ether oxygens (including phenoxy) is 2. The molecule has 4 nitrogen and oxygen atoms in total. The summed E-state index contributed by atoms with van der Waals surface area (Å²) in [4.78, 5) is 24.9. The average Bonchev–Trinajstić information content (AvgIpc) is 2.69. The predicted octanol–water partition coefficient (Wildman–Crippen LogP) is 6.99. The molecule has 0 amide bonds. The minimum Gasteiger partial charge on any atom is -0.466 e. The van der Waals surface area contributed by atoms with Crippen molar-refractivity contribution in [3.63, 3.8) is 0 Å². The molecule has 0 radical (unpaired) electrons. The third-order valence-electron chi connectivity index (χ3n) is 5.28. The van der Waals surface area contributed by atoms with Gasteiger partial charge in [-0.1, -0.05) is 85.5 Å². The molecule has 0 fully saturated rings. The molecule has 0 aromatic rings. The molecule has 0 saturated heterocycles. The first-order valence-corrected chi connectivity index (χ1v) is 11.9. The fraction of sp³-hybridized carbons (Fsp3) is 0.917. The van der Waals surface area contributed by atoms with Gasteiger partial charge >= 0.3 is 11.9 Å². The quantitative estimate of drug-likeness (QED) is 0.174. The second-order valence-electron chi connectivity index (χ2n) is 7.99. The standard InChI is InChI=1S/C24H46O4/c1-5-9-12-15-17-21(20-23(25)27-19-16-13-10-6-2)24(26)28-22(8-4)18-14-11-7-3/h21-22H,5-20H2,1-4H3. The first-order chi connectivity index (χ1) is 13.6. The molecule has 0 aliphatic carbocycles. The maximum atomic E-state index is 12.7. The summed E-state index contributed by atoms with van der Waals surface area (Å²) in [7, 11) is 0. The topological polar surface area (TPSA) is 52.6 Å². The molecule has 2 atom stereocenters. The first kappa shape index (κ1) is 26.9. The molecule has 28 heavy (non-hydrogen) atoms. The van der Waals surface area contributed by atoms with Gasteiger partial charge in [-0.25, -0.2) is 0 Å². The molecule has 0 N–H and O–H groups in total. The van der Waals surface area contributed by atoms with E-state index in [0.29, 0.717) is 6.61 Å². The predicted molar refractivity (Wildman–Crippen MR) is 116 cm³/mol. The van der Waals surface area contributed by atoms with Gasteiger partial charge in [-0.05, 0) is 32.1 Å². The van der Waals surface area contributed by atoms with Gasteiger partial charge in [0.1, 0.15) is 6.10 Å². The van der Waals surface area contributed by atoms with Gasteiger partial charge < -0.3 is 9.47 Å². The lowest BCUT2D eigenvalue weighted by molar-refractivity contribution is -0.160. The lowest BCUT2D eigenvalue weighted by Gasteiger charge is -2.21. The zero-order valence-electron chi connectivity index (χ0n) is 19.1. The molecule has 166 valence electrons. The van der Waals surface area contributed by atoms with E-state index in [0.717, 1.165) is 77.0 Å². The molecular weight excluding hydrogens is 352 g/mol. The number of carbonyl (C=O) groups is 2. The molecule has 0 saturated carbocycles. The molecule has 0 aliphatic heterocycles. The summed E-state index contributed by atoms with van der Waals surface area (Å²) in [5, 5.41) is 0. The number of rotatable bonds is 19. The number of unbranched alkanes of at least 4 members (excludes halogenated alkanes) is 8. The molecule has 0 bridgehead atoms. The van der Waals surface area contributed by atoms with E-state index in [-0.39, 0.29) is 30.4 Å². The smallest absolute Gasteiger partial charge is 0.309 e. The summed E-state index contributed by atoms with van der Waals surface area (Å²) in [6.07, 6.45) is 14.7. The van der Waals surface area contributed by atoms with Gasteiger partial charge in [-0.3, -0.25) is 9.59 Å². The second kappa shape index (κ2) is 19.3. The number of hydrogen-bond donors (Lipinski definition) is 0. The molecule has 4 heteroatoms. The maximum absolute atomic E-state index is 12.7. The molecule has 2 unspecified atom stereocenters. The Morgan fingerprint density at radius 2 is 1.29 bits per heavy atom. The Morgan fingerprint density at radius 1 is 0.714 bits per heavy atom. The third kappa shape index (κ3) is 14.9. The van der Waals surface area contributed by atoms with Crippen molar-refractivity contribution in [2.75, 3.05) is 6.61 Å². The highest BCUT2D eigenvalue weighted by atomic mass is 16.5. The van der Waals surface area contributed by atoms with E-state index in [9.17, 15) is 9.59 Å². The van der Waals surface area contributed by atoms with Crippen LogP contribution in [0.2, 0.25) is 0 Å². The van der Waals surface area contributed by atoms with Crippen LogP contribution in [-0.4, -0.2) is 24.6 Å². The van der Waals surface area contributed by atoms with E-state index in [2.05, 4.69) is 27.7 Å². The van der Waals surface area contributed by atoms with Gasteiger partial charge in [0.25, 0.3) is 0 Å². The summed E-state index contributed by atoms with van der Waals surface area (Å²) < 4.78 is 11.1. The zero-order chi connectivity index (χ0) is 21.0. The molecular formula is C24H46O4. The van der Waals surface area contributed by atoms with E-state index in [1.54, 1.807) is 0 Å². The normalized spacial score (nSPS) is 13.1. The Bertz CT molecular complexity index is 381. The summed E-state index contributed by atoms with van der Waals surface area (Å²) >= 11 is 0. The minimum absolute atomic E-state index is 0.0257. The molecule has 0 aromatic heterocycles. The highest BCUT2D eigenvalue weighted by Gasteiger charge is 2.26. The summed E-state index contributed by atoms with van der Waals surface area (Å²) in [5.41, 5.74) is 0. The molecule has 0 aromatic carbocycles. The van der Waals surface area contributed by atoms with Gasteiger partial charge in [0, 0.05) is 0 Å².